The molecule has 0 saturated carbocycles. The molecule has 1 amide bonds. The zero-order valence-electron chi connectivity index (χ0n) is 21.9. The number of hydrogen-bond donors (Lipinski definition) is 2. The number of amides is 1. The molecule has 0 unspecified atom stereocenters. The first-order chi connectivity index (χ1) is 18.2. The fourth-order valence-corrected chi connectivity index (χ4v) is 4.81. The van der Waals surface area contributed by atoms with Gasteiger partial charge < -0.3 is 15.0 Å². The predicted molar refractivity (Wildman–Crippen MR) is 150 cm³/mol. The molecule has 0 saturated heterocycles. The van der Waals surface area contributed by atoms with Gasteiger partial charge in [-0.05, 0) is 62.2 Å². The van der Waals surface area contributed by atoms with E-state index in [4.69, 9.17) is 0 Å². The summed E-state index contributed by atoms with van der Waals surface area (Å²) in [6.45, 7) is 6.01. The van der Waals surface area contributed by atoms with Gasteiger partial charge in [0.15, 0.2) is 5.78 Å². The van der Waals surface area contributed by atoms with Crippen molar-refractivity contribution >= 4 is 28.7 Å². The molecule has 0 radical (unpaired) electrons. The van der Waals surface area contributed by atoms with E-state index in [-0.39, 0.29) is 42.4 Å². The number of carbonyl (C=O) groups is 2. The Kier molecular flexibility index (Phi) is 8.54. The van der Waals surface area contributed by atoms with Crippen LogP contribution in [0.3, 0.4) is 0 Å². The number of aromatic nitrogens is 1. The average molecular weight is 513 g/mol. The van der Waals surface area contributed by atoms with Crippen molar-refractivity contribution in [1.82, 2.24) is 9.88 Å². The number of aliphatic hydroxyl groups is 1. The zero-order chi connectivity index (χ0) is 27.2. The number of nitrogens with one attached hydrogen (secondary N) is 1. The van der Waals surface area contributed by atoms with E-state index < -0.39 is 6.10 Å². The molecule has 0 aliphatic carbocycles. The lowest BCUT2D eigenvalue weighted by Crippen LogP contribution is -2.30. The van der Waals surface area contributed by atoms with Crippen LogP contribution < -0.4 is 5.32 Å². The number of fused-ring (bicyclic) bond motifs is 1. The minimum Gasteiger partial charge on any atom is -0.392 e. The van der Waals surface area contributed by atoms with Gasteiger partial charge in [0.05, 0.1) is 24.3 Å². The van der Waals surface area contributed by atoms with Crippen LogP contribution in [0.2, 0.25) is 0 Å². The maximum absolute atomic E-state index is 13.7. The maximum atomic E-state index is 13.7. The highest BCUT2D eigenvalue weighted by atomic mass is 19.1. The number of halogens is 1. The second-order valence-corrected chi connectivity index (χ2v) is 9.81. The molecule has 0 bridgehead atoms. The highest BCUT2D eigenvalue weighted by molar-refractivity contribution is 6.03. The van der Waals surface area contributed by atoms with Crippen LogP contribution in [0.15, 0.2) is 84.9 Å². The van der Waals surface area contributed by atoms with Crippen molar-refractivity contribution < 1.29 is 19.1 Å². The molecule has 0 spiro atoms. The Labute approximate surface area is 222 Å². The van der Waals surface area contributed by atoms with E-state index in [9.17, 15) is 19.1 Å². The standard InChI is InChI=1S/C32H33FN2O3/c1-21(2)35-29-12-8-7-11-28(29)32(24-13-15-25(33)16-14-24)30(35)18-17-26(36)19-27(37)20-31(38)34-22(3)23-9-5-4-6-10-23/h4-18,21-22,27,37H,19-20H2,1-3H3,(H,34,38)/t22-,27+/m0/s1. The smallest absolute Gasteiger partial charge is 0.223 e. The van der Waals surface area contributed by atoms with Crippen molar-refractivity contribution in [3.63, 3.8) is 0 Å². The van der Waals surface area contributed by atoms with E-state index >= 15 is 0 Å². The minimum atomic E-state index is -1.09. The van der Waals surface area contributed by atoms with Crippen molar-refractivity contribution in [2.45, 2.75) is 51.8 Å². The predicted octanol–water partition coefficient (Wildman–Crippen LogP) is 6.63. The maximum Gasteiger partial charge on any atom is 0.223 e. The SMILES string of the molecule is CC(C)n1c(C=CC(=O)C[C@@H](O)CC(=O)N[C@@H](C)c2ccccc2)c(-c2ccc(F)cc2)c2ccccc21. The van der Waals surface area contributed by atoms with Crippen molar-refractivity contribution in [2.24, 2.45) is 0 Å². The first kappa shape index (κ1) is 27.0. The molecule has 38 heavy (non-hydrogen) atoms. The van der Waals surface area contributed by atoms with E-state index in [1.54, 1.807) is 18.2 Å². The number of rotatable bonds is 10. The van der Waals surface area contributed by atoms with Gasteiger partial charge in [0.25, 0.3) is 0 Å². The zero-order valence-corrected chi connectivity index (χ0v) is 21.9. The Morgan fingerprint density at radius 2 is 1.58 bits per heavy atom. The summed E-state index contributed by atoms with van der Waals surface area (Å²) in [5, 5.41) is 14.3. The summed E-state index contributed by atoms with van der Waals surface area (Å²) >= 11 is 0. The molecule has 196 valence electrons. The number of benzene rings is 3. The van der Waals surface area contributed by atoms with Crippen LogP contribution in [0.5, 0.6) is 0 Å². The fourth-order valence-electron chi connectivity index (χ4n) is 4.81. The third-order valence-electron chi connectivity index (χ3n) is 6.56. The Morgan fingerprint density at radius 3 is 2.26 bits per heavy atom. The quantitative estimate of drug-likeness (QED) is 0.234. The number of ketones is 1. The van der Waals surface area contributed by atoms with Gasteiger partial charge in [-0.3, -0.25) is 9.59 Å². The van der Waals surface area contributed by atoms with E-state index in [0.717, 1.165) is 33.3 Å². The van der Waals surface area contributed by atoms with Crippen LogP contribution in [0.25, 0.3) is 28.1 Å². The molecule has 2 atom stereocenters. The van der Waals surface area contributed by atoms with Gasteiger partial charge in [0, 0.05) is 28.9 Å². The molecule has 1 heterocycles. The molecule has 0 aliphatic heterocycles. The van der Waals surface area contributed by atoms with Crippen molar-refractivity contribution in [3.8, 4) is 11.1 Å². The van der Waals surface area contributed by atoms with Crippen LogP contribution >= 0.6 is 0 Å². The summed E-state index contributed by atoms with van der Waals surface area (Å²) in [5.41, 5.74) is 4.56. The number of nitrogens with zero attached hydrogens (tertiary/aromatic N) is 1. The highest BCUT2D eigenvalue weighted by Gasteiger charge is 2.20. The second-order valence-electron chi connectivity index (χ2n) is 9.81. The highest BCUT2D eigenvalue weighted by Crippen LogP contribution is 2.37. The molecule has 4 aromatic rings. The van der Waals surface area contributed by atoms with Gasteiger partial charge in [-0.2, -0.15) is 0 Å². The molecule has 0 aliphatic rings. The van der Waals surface area contributed by atoms with E-state index in [0.29, 0.717) is 0 Å². The van der Waals surface area contributed by atoms with E-state index in [1.807, 2.05) is 61.5 Å². The first-order valence-electron chi connectivity index (χ1n) is 12.9. The van der Waals surface area contributed by atoms with Crippen molar-refractivity contribution in [2.75, 3.05) is 0 Å². The first-order valence-corrected chi connectivity index (χ1v) is 12.9. The molecular weight excluding hydrogens is 479 g/mol. The molecular formula is C32H33FN2O3. The van der Waals surface area contributed by atoms with Crippen LogP contribution in [-0.4, -0.2) is 27.5 Å². The summed E-state index contributed by atoms with van der Waals surface area (Å²) in [4.78, 5) is 25.2. The summed E-state index contributed by atoms with van der Waals surface area (Å²) < 4.78 is 15.8. The Hall–Kier alpha value is -4.03. The molecule has 0 fully saturated rings. The lowest BCUT2D eigenvalue weighted by molar-refractivity contribution is -0.124. The molecule has 4 rings (SSSR count). The average Bonchev–Trinajstić information content (AvgIpc) is 3.22. The number of para-hydroxylation sites is 1. The summed E-state index contributed by atoms with van der Waals surface area (Å²) in [5.74, 6) is -0.916. The Bertz CT molecular complexity index is 1440. The summed E-state index contributed by atoms with van der Waals surface area (Å²) in [6, 6.07) is 23.8. The van der Waals surface area contributed by atoms with Gasteiger partial charge in [0.2, 0.25) is 5.91 Å². The van der Waals surface area contributed by atoms with Gasteiger partial charge in [-0.1, -0.05) is 60.7 Å². The van der Waals surface area contributed by atoms with Crippen LogP contribution in [0.4, 0.5) is 4.39 Å². The summed E-state index contributed by atoms with van der Waals surface area (Å²) in [7, 11) is 0. The lowest BCUT2D eigenvalue weighted by Gasteiger charge is -2.16. The van der Waals surface area contributed by atoms with Crippen LogP contribution in [0, 0.1) is 5.82 Å². The topological polar surface area (TPSA) is 71.3 Å². The van der Waals surface area contributed by atoms with Gasteiger partial charge >= 0.3 is 0 Å². The Balaban J connectivity index is 1.52. The summed E-state index contributed by atoms with van der Waals surface area (Å²) in [6.07, 6.45) is 1.78. The van der Waals surface area contributed by atoms with Gasteiger partial charge in [-0.25, -0.2) is 4.39 Å². The molecule has 2 N–H and O–H groups in total. The number of hydrogen-bond acceptors (Lipinski definition) is 3. The third kappa shape index (κ3) is 6.26. The molecule has 3 aromatic carbocycles. The van der Waals surface area contributed by atoms with Crippen molar-refractivity contribution in [3.05, 3.63) is 102 Å². The molecule has 6 heteroatoms. The second kappa shape index (κ2) is 12.0. The minimum absolute atomic E-state index is 0.102. The van der Waals surface area contributed by atoms with E-state index in [2.05, 4.69) is 23.7 Å². The van der Waals surface area contributed by atoms with Crippen molar-refractivity contribution in [1.29, 1.82) is 0 Å². The Morgan fingerprint density at radius 1 is 0.921 bits per heavy atom. The number of allylic oxidation sites excluding steroid dienone is 1. The number of carbonyl (C=O) groups excluding carboxylic acids is 2. The third-order valence-corrected chi connectivity index (χ3v) is 6.56. The molecule has 1 aromatic heterocycles. The monoisotopic (exact) mass is 512 g/mol. The van der Waals surface area contributed by atoms with Gasteiger partial charge in [0.1, 0.15) is 5.82 Å². The molecule has 5 nitrogen and oxygen atoms in total. The number of aliphatic hydroxyl groups excluding tert-OH is 1. The lowest BCUT2D eigenvalue weighted by atomic mass is 10.0. The van der Waals surface area contributed by atoms with Crippen LogP contribution in [0.1, 0.15) is 57.0 Å². The largest absolute Gasteiger partial charge is 0.392 e. The normalized spacial score (nSPS) is 13.2. The van der Waals surface area contributed by atoms with Gasteiger partial charge in [-0.15, -0.1) is 0 Å². The van der Waals surface area contributed by atoms with E-state index in [1.165, 1.54) is 18.2 Å². The fraction of sp³-hybridized carbons (Fsp3) is 0.250. The van der Waals surface area contributed by atoms with Crippen LogP contribution in [-0.2, 0) is 9.59 Å².